The van der Waals surface area contributed by atoms with Crippen LogP contribution < -0.4 is 4.57 Å². The Labute approximate surface area is 145 Å². The summed E-state index contributed by atoms with van der Waals surface area (Å²) >= 11 is 0. The zero-order valence-electron chi connectivity index (χ0n) is 14.3. The molecule has 0 atom stereocenters. The summed E-state index contributed by atoms with van der Waals surface area (Å²) in [5.74, 6) is 0. The van der Waals surface area contributed by atoms with Crippen molar-refractivity contribution in [3.8, 4) is 0 Å². The normalized spacial score (nSPS) is 15.8. The SMILES string of the molecule is CC1(C)C[n+]2cccc3c4nc5ccccc5n4c4cccc1c4c32. The first-order valence-corrected chi connectivity index (χ1v) is 8.80. The molecule has 6 rings (SSSR count). The lowest BCUT2D eigenvalue weighted by molar-refractivity contribution is -0.679. The molecule has 0 N–H and O–H groups in total. The highest BCUT2D eigenvalue weighted by Crippen LogP contribution is 2.39. The number of para-hydroxylation sites is 2. The maximum atomic E-state index is 4.97. The Morgan fingerprint density at radius 3 is 2.72 bits per heavy atom. The summed E-state index contributed by atoms with van der Waals surface area (Å²) in [6.45, 7) is 5.67. The van der Waals surface area contributed by atoms with Crippen molar-refractivity contribution < 1.29 is 4.57 Å². The number of aromatic nitrogens is 3. The first kappa shape index (κ1) is 13.4. The fourth-order valence-electron chi connectivity index (χ4n) is 4.64. The topological polar surface area (TPSA) is 21.2 Å². The van der Waals surface area contributed by atoms with E-state index in [-0.39, 0.29) is 5.41 Å². The number of pyridine rings is 2. The Morgan fingerprint density at radius 2 is 1.80 bits per heavy atom. The average molecular weight is 324 g/mol. The number of hydrogen-bond acceptors (Lipinski definition) is 1. The van der Waals surface area contributed by atoms with Gasteiger partial charge in [0.2, 0.25) is 5.52 Å². The third-order valence-corrected chi connectivity index (χ3v) is 5.69. The van der Waals surface area contributed by atoms with Crippen LogP contribution in [0.25, 0.3) is 38.5 Å². The van der Waals surface area contributed by atoms with Gasteiger partial charge in [0.1, 0.15) is 0 Å². The molecule has 0 spiro atoms. The number of nitrogens with zero attached hydrogens (tertiary/aromatic N) is 3. The van der Waals surface area contributed by atoms with Gasteiger partial charge in [-0.15, -0.1) is 0 Å². The van der Waals surface area contributed by atoms with Gasteiger partial charge in [-0.25, -0.2) is 4.98 Å². The number of hydrogen-bond donors (Lipinski definition) is 0. The molecule has 3 aromatic heterocycles. The minimum atomic E-state index is 0.107. The van der Waals surface area contributed by atoms with Crippen LogP contribution in [0.5, 0.6) is 0 Å². The van der Waals surface area contributed by atoms with Crippen LogP contribution in [0, 0.1) is 0 Å². The smallest absolute Gasteiger partial charge is 0.226 e. The Morgan fingerprint density at radius 1 is 0.960 bits per heavy atom. The van der Waals surface area contributed by atoms with Gasteiger partial charge in [0.15, 0.2) is 18.4 Å². The molecule has 1 aliphatic rings. The second-order valence-corrected chi connectivity index (χ2v) is 7.74. The molecule has 0 radical (unpaired) electrons. The van der Waals surface area contributed by atoms with Crippen molar-refractivity contribution in [1.82, 2.24) is 9.38 Å². The van der Waals surface area contributed by atoms with Gasteiger partial charge in [0, 0.05) is 11.5 Å². The van der Waals surface area contributed by atoms with Gasteiger partial charge < -0.3 is 0 Å². The molecule has 1 aliphatic heterocycles. The van der Waals surface area contributed by atoms with Crippen LogP contribution in [-0.4, -0.2) is 9.38 Å². The Bertz CT molecular complexity index is 1340. The molecule has 25 heavy (non-hydrogen) atoms. The highest BCUT2D eigenvalue weighted by molar-refractivity contribution is 6.12. The van der Waals surface area contributed by atoms with E-state index in [0.717, 1.165) is 17.7 Å². The fourth-order valence-corrected chi connectivity index (χ4v) is 4.64. The number of fused-ring (bicyclic) bond motifs is 5. The molecule has 3 nitrogen and oxygen atoms in total. The van der Waals surface area contributed by atoms with E-state index in [1.165, 1.54) is 32.9 Å². The summed E-state index contributed by atoms with van der Waals surface area (Å²) in [7, 11) is 0. The molecule has 0 saturated heterocycles. The van der Waals surface area contributed by atoms with E-state index in [4.69, 9.17) is 4.98 Å². The number of benzene rings is 2. The van der Waals surface area contributed by atoms with Gasteiger partial charge in [-0.3, -0.25) is 4.40 Å². The molecular formula is C22H18N3+. The van der Waals surface area contributed by atoms with Crippen LogP contribution in [0.15, 0.2) is 60.8 Å². The van der Waals surface area contributed by atoms with Crippen molar-refractivity contribution in [2.75, 3.05) is 0 Å². The first-order chi connectivity index (χ1) is 12.1. The van der Waals surface area contributed by atoms with Crippen LogP contribution in [0.1, 0.15) is 19.4 Å². The second kappa shape index (κ2) is 4.17. The highest BCUT2D eigenvalue weighted by Gasteiger charge is 2.36. The maximum Gasteiger partial charge on any atom is 0.226 e. The van der Waals surface area contributed by atoms with Crippen molar-refractivity contribution in [1.29, 1.82) is 0 Å². The molecule has 0 fully saturated rings. The minimum Gasteiger partial charge on any atom is -0.291 e. The lowest BCUT2D eigenvalue weighted by atomic mass is 9.79. The van der Waals surface area contributed by atoms with E-state index >= 15 is 0 Å². The van der Waals surface area contributed by atoms with Crippen molar-refractivity contribution in [2.24, 2.45) is 0 Å². The highest BCUT2D eigenvalue weighted by atomic mass is 15.0. The molecule has 0 aliphatic carbocycles. The first-order valence-electron chi connectivity index (χ1n) is 8.80. The van der Waals surface area contributed by atoms with Gasteiger partial charge in [0.05, 0.1) is 27.3 Å². The van der Waals surface area contributed by atoms with Crippen molar-refractivity contribution >= 4 is 38.5 Å². The van der Waals surface area contributed by atoms with Crippen molar-refractivity contribution in [2.45, 2.75) is 25.8 Å². The van der Waals surface area contributed by atoms with Crippen LogP contribution >= 0.6 is 0 Å². The second-order valence-electron chi connectivity index (χ2n) is 7.74. The Hall–Kier alpha value is -2.94. The zero-order chi connectivity index (χ0) is 16.8. The van der Waals surface area contributed by atoms with Crippen LogP contribution in [0.4, 0.5) is 0 Å². The molecule has 3 heteroatoms. The average Bonchev–Trinajstić information content (AvgIpc) is 3.00. The molecule has 0 saturated carbocycles. The number of rotatable bonds is 0. The lowest BCUT2D eigenvalue weighted by Gasteiger charge is -2.28. The molecule has 120 valence electrons. The van der Waals surface area contributed by atoms with Crippen LogP contribution in [0.3, 0.4) is 0 Å². The van der Waals surface area contributed by atoms with E-state index in [1.807, 2.05) is 0 Å². The molecule has 0 bridgehead atoms. The molecule has 0 unspecified atom stereocenters. The lowest BCUT2D eigenvalue weighted by Crippen LogP contribution is -2.46. The Balaban J connectivity index is 2.05. The molecule has 0 amide bonds. The monoisotopic (exact) mass is 324 g/mol. The van der Waals surface area contributed by atoms with Gasteiger partial charge in [-0.05, 0) is 43.7 Å². The molecule has 5 aromatic rings. The molecule has 2 aromatic carbocycles. The van der Waals surface area contributed by atoms with E-state index in [1.54, 1.807) is 0 Å². The quantitative estimate of drug-likeness (QED) is 0.306. The van der Waals surface area contributed by atoms with Gasteiger partial charge in [-0.2, -0.15) is 4.57 Å². The van der Waals surface area contributed by atoms with Crippen molar-refractivity contribution in [3.63, 3.8) is 0 Å². The van der Waals surface area contributed by atoms with E-state index in [9.17, 15) is 0 Å². The maximum absolute atomic E-state index is 4.97. The van der Waals surface area contributed by atoms with Crippen molar-refractivity contribution in [3.05, 3.63) is 66.4 Å². The van der Waals surface area contributed by atoms with E-state index < -0.39 is 0 Å². The van der Waals surface area contributed by atoms with Crippen LogP contribution in [-0.2, 0) is 12.0 Å². The van der Waals surface area contributed by atoms with Crippen LogP contribution in [0.2, 0.25) is 0 Å². The van der Waals surface area contributed by atoms with E-state index in [2.05, 4.69) is 83.6 Å². The predicted octanol–water partition coefficient (Wildman–Crippen LogP) is 4.37. The summed E-state index contributed by atoms with van der Waals surface area (Å²) in [4.78, 5) is 4.97. The largest absolute Gasteiger partial charge is 0.291 e. The van der Waals surface area contributed by atoms with Gasteiger partial charge >= 0.3 is 0 Å². The standard InChI is InChI=1S/C22H18N3/c1-22(2)13-24-12-6-7-14-20(24)19-15(22)8-5-11-18(19)25-17-10-4-3-9-16(17)23-21(14)25/h3-12H,13H2,1-2H3/q+1. The summed E-state index contributed by atoms with van der Waals surface area (Å²) in [6, 6.07) is 19.5. The summed E-state index contributed by atoms with van der Waals surface area (Å²) in [5.41, 5.74) is 7.38. The molecular weight excluding hydrogens is 306 g/mol. The van der Waals surface area contributed by atoms with Gasteiger partial charge in [-0.1, -0.05) is 24.3 Å². The summed E-state index contributed by atoms with van der Waals surface area (Å²) in [6.07, 6.45) is 2.21. The minimum absolute atomic E-state index is 0.107. The third kappa shape index (κ3) is 1.52. The van der Waals surface area contributed by atoms with E-state index in [0.29, 0.717) is 0 Å². The molecule has 4 heterocycles. The Kier molecular flexibility index (Phi) is 2.23. The third-order valence-electron chi connectivity index (χ3n) is 5.69. The number of imidazole rings is 1. The summed E-state index contributed by atoms with van der Waals surface area (Å²) in [5, 5.41) is 2.60. The van der Waals surface area contributed by atoms with Gasteiger partial charge in [0.25, 0.3) is 0 Å². The zero-order valence-corrected chi connectivity index (χ0v) is 14.3. The summed E-state index contributed by atoms with van der Waals surface area (Å²) < 4.78 is 4.74. The predicted molar refractivity (Wildman–Crippen MR) is 101 cm³/mol. The fraction of sp³-hybridized carbons (Fsp3) is 0.182.